The number of benzene rings is 2. The molecule has 1 N–H and O–H groups in total. The van der Waals surface area contributed by atoms with Gasteiger partial charge in [0.15, 0.2) is 0 Å². The first-order valence-electron chi connectivity index (χ1n) is 6.90. The molecule has 0 saturated carbocycles. The molecule has 0 aromatic heterocycles. The number of hydrogen-bond acceptors (Lipinski definition) is 4. The van der Waals surface area contributed by atoms with Crippen molar-refractivity contribution in [3.8, 4) is 0 Å². The summed E-state index contributed by atoms with van der Waals surface area (Å²) in [5, 5.41) is 14.2. The molecule has 1 heterocycles. The molecule has 0 aliphatic carbocycles. The van der Waals surface area contributed by atoms with E-state index in [1.54, 1.807) is 31.2 Å². The summed E-state index contributed by atoms with van der Waals surface area (Å²) in [6.45, 7) is 1.72. The second-order valence-corrected chi connectivity index (χ2v) is 5.55. The van der Waals surface area contributed by atoms with E-state index in [2.05, 4.69) is 10.3 Å². The molecule has 1 aliphatic rings. The molecule has 1 unspecified atom stereocenters. The quantitative estimate of drug-likeness (QED) is 0.668. The lowest BCUT2D eigenvalue weighted by molar-refractivity contribution is -0.384. The van der Waals surface area contributed by atoms with Gasteiger partial charge in [0.1, 0.15) is 0 Å². The van der Waals surface area contributed by atoms with Crippen LogP contribution < -0.4 is 5.32 Å². The Morgan fingerprint density at radius 2 is 2.00 bits per heavy atom. The normalized spacial score (nSPS) is 16.9. The van der Waals surface area contributed by atoms with Crippen LogP contribution in [-0.4, -0.2) is 16.5 Å². The molecule has 0 bridgehead atoms. The molecular formula is C16H12ClN3O3. The standard InChI is InChI=1S/C16H12ClN3O3/c1-9-15(11-4-2-3-5-12(11)17)18-14-8-10(20(22)23)6-7-13(14)19-16(9)21/h2-9H,1H3,(H,19,21). The lowest BCUT2D eigenvalue weighted by Gasteiger charge is -2.12. The zero-order valence-electron chi connectivity index (χ0n) is 12.1. The van der Waals surface area contributed by atoms with E-state index in [9.17, 15) is 14.9 Å². The zero-order valence-corrected chi connectivity index (χ0v) is 12.9. The van der Waals surface area contributed by atoms with Crippen LogP contribution in [-0.2, 0) is 4.79 Å². The number of nitro groups is 1. The Morgan fingerprint density at radius 1 is 1.26 bits per heavy atom. The second kappa shape index (κ2) is 5.81. The van der Waals surface area contributed by atoms with E-state index >= 15 is 0 Å². The lowest BCUT2D eigenvalue weighted by atomic mass is 9.97. The number of non-ortho nitro benzene ring substituents is 1. The van der Waals surface area contributed by atoms with Gasteiger partial charge < -0.3 is 5.32 Å². The highest BCUT2D eigenvalue weighted by Crippen LogP contribution is 2.34. The molecule has 6 nitrogen and oxygen atoms in total. The van der Waals surface area contributed by atoms with Gasteiger partial charge in [-0.1, -0.05) is 29.8 Å². The van der Waals surface area contributed by atoms with E-state index in [0.717, 1.165) is 0 Å². The number of hydrogen-bond donors (Lipinski definition) is 1. The van der Waals surface area contributed by atoms with Gasteiger partial charge in [-0.3, -0.25) is 14.9 Å². The fraction of sp³-hybridized carbons (Fsp3) is 0.125. The number of carbonyl (C=O) groups is 1. The number of rotatable bonds is 2. The van der Waals surface area contributed by atoms with Crippen LogP contribution in [0.25, 0.3) is 0 Å². The number of aliphatic imine (C=N–C) groups is 1. The molecule has 1 atom stereocenters. The molecule has 2 aromatic carbocycles. The smallest absolute Gasteiger partial charge is 0.271 e. The predicted octanol–water partition coefficient (Wildman–Crippen LogP) is 3.96. The van der Waals surface area contributed by atoms with Crippen molar-refractivity contribution >= 4 is 40.3 Å². The Kier molecular flexibility index (Phi) is 3.83. The van der Waals surface area contributed by atoms with E-state index in [0.29, 0.717) is 27.7 Å². The topological polar surface area (TPSA) is 84.6 Å². The molecule has 1 amide bonds. The summed E-state index contributed by atoms with van der Waals surface area (Å²) in [5.74, 6) is -0.780. The summed E-state index contributed by atoms with van der Waals surface area (Å²) < 4.78 is 0. The van der Waals surface area contributed by atoms with Crippen molar-refractivity contribution in [2.24, 2.45) is 10.9 Å². The van der Waals surface area contributed by atoms with Crippen molar-refractivity contribution in [2.75, 3.05) is 5.32 Å². The number of amides is 1. The van der Waals surface area contributed by atoms with Gasteiger partial charge in [0.2, 0.25) is 5.91 Å². The summed E-state index contributed by atoms with van der Waals surface area (Å²) in [5.41, 5.74) is 1.81. The fourth-order valence-electron chi connectivity index (χ4n) is 2.39. The molecule has 3 rings (SSSR count). The number of anilines is 1. The summed E-state index contributed by atoms with van der Waals surface area (Å²) >= 11 is 6.21. The molecule has 23 heavy (non-hydrogen) atoms. The average molecular weight is 330 g/mol. The van der Waals surface area contributed by atoms with Crippen LogP contribution in [0, 0.1) is 16.0 Å². The largest absolute Gasteiger partial charge is 0.324 e. The molecule has 1 aliphatic heterocycles. The lowest BCUT2D eigenvalue weighted by Crippen LogP contribution is -2.26. The Labute approximate surface area is 137 Å². The van der Waals surface area contributed by atoms with Crippen LogP contribution in [0.5, 0.6) is 0 Å². The van der Waals surface area contributed by atoms with Crippen molar-refractivity contribution in [3.05, 3.63) is 63.2 Å². The summed E-state index contributed by atoms with van der Waals surface area (Å²) in [6.07, 6.45) is 0. The third kappa shape index (κ3) is 2.80. The highest BCUT2D eigenvalue weighted by molar-refractivity contribution is 6.35. The Hall–Kier alpha value is -2.73. The number of nitrogens with zero attached hydrogens (tertiary/aromatic N) is 2. The Balaban J connectivity index is 2.21. The number of fused-ring (bicyclic) bond motifs is 1. The fourth-order valence-corrected chi connectivity index (χ4v) is 2.62. The molecule has 7 heteroatoms. The molecule has 2 aromatic rings. The molecular weight excluding hydrogens is 318 g/mol. The number of carbonyl (C=O) groups excluding carboxylic acids is 1. The first-order valence-corrected chi connectivity index (χ1v) is 7.28. The van der Waals surface area contributed by atoms with Crippen molar-refractivity contribution in [3.63, 3.8) is 0 Å². The van der Waals surface area contributed by atoms with Crippen LogP contribution >= 0.6 is 11.6 Å². The van der Waals surface area contributed by atoms with Crippen LogP contribution in [0.1, 0.15) is 12.5 Å². The number of halogens is 1. The van der Waals surface area contributed by atoms with Crippen LogP contribution in [0.2, 0.25) is 5.02 Å². The van der Waals surface area contributed by atoms with Gasteiger partial charge in [-0.25, -0.2) is 4.99 Å². The van der Waals surface area contributed by atoms with E-state index in [4.69, 9.17) is 11.6 Å². The molecule has 0 saturated heterocycles. The minimum Gasteiger partial charge on any atom is -0.324 e. The third-order valence-electron chi connectivity index (χ3n) is 3.64. The average Bonchev–Trinajstić information content (AvgIpc) is 2.65. The predicted molar refractivity (Wildman–Crippen MR) is 88.5 cm³/mol. The number of nitrogens with one attached hydrogen (secondary N) is 1. The van der Waals surface area contributed by atoms with E-state index < -0.39 is 10.8 Å². The van der Waals surface area contributed by atoms with E-state index in [1.165, 1.54) is 18.2 Å². The minimum absolute atomic E-state index is 0.0881. The first-order chi connectivity index (χ1) is 11.0. The highest BCUT2D eigenvalue weighted by atomic mass is 35.5. The Morgan fingerprint density at radius 3 is 2.70 bits per heavy atom. The van der Waals surface area contributed by atoms with Gasteiger partial charge >= 0.3 is 0 Å². The van der Waals surface area contributed by atoms with Gasteiger partial charge in [-0.2, -0.15) is 0 Å². The Bertz CT molecular complexity index is 848. The van der Waals surface area contributed by atoms with Gasteiger partial charge in [0.05, 0.1) is 27.9 Å². The number of nitro benzene ring substituents is 1. The van der Waals surface area contributed by atoms with Gasteiger partial charge in [0.25, 0.3) is 5.69 Å². The monoisotopic (exact) mass is 329 g/mol. The highest BCUT2D eigenvalue weighted by Gasteiger charge is 2.27. The van der Waals surface area contributed by atoms with Gasteiger partial charge in [0, 0.05) is 22.7 Å². The zero-order chi connectivity index (χ0) is 16.6. The van der Waals surface area contributed by atoms with Crippen molar-refractivity contribution < 1.29 is 9.72 Å². The van der Waals surface area contributed by atoms with Gasteiger partial charge in [-0.05, 0) is 19.1 Å². The van der Waals surface area contributed by atoms with Gasteiger partial charge in [-0.15, -0.1) is 0 Å². The van der Waals surface area contributed by atoms with E-state index in [1.807, 2.05) is 0 Å². The van der Waals surface area contributed by atoms with Crippen LogP contribution in [0.3, 0.4) is 0 Å². The maximum Gasteiger partial charge on any atom is 0.271 e. The third-order valence-corrected chi connectivity index (χ3v) is 3.97. The maximum absolute atomic E-state index is 12.3. The van der Waals surface area contributed by atoms with Crippen molar-refractivity contribution in [1.82, 2.24) is 0 Å². The molecule has 0 fully saturated rings. The summed E-state index contributed by atoms with van der Waals surface area (Å²) in [6, 6.07) is 11.2. The van der Waals surface area contributed by atoms with Crippen molar-refractivity contribution in [1.29, 1.82) is 0 Å². The summed E-state index contributed by atoms with van der Waals surface area (Å²) in [7, 11) is 0. The maximum atomic E-state index is 12.3. The second-order valence-electron chi connectivity index (χ2n) is 5.15. The molecule has 0 spiro atoms. The summed E-state index contributed by atoms with van der Waals surface area (Å²) in [4.78, 5) is 27.3. The SMILES string of the molecule is CC1C(=O)Nc2ccc([N+](=O)[O-])cc2N=C1c1ccccc1Cl. The first kappa shape index (κ1) is 15.2. The molecule has 116 valence electrons. The minimum atomic E-state index is -0.540. The van der Waals surface area contributed by atoms with Crippen LogP contribution in [0.4, 0.5) is 17.1 Å². The van der Waals surface area contributed by atoms with E-state index in [-0.39, 0.29) is 11.6 Å². The van der Waals surface area contributed by atoms with Crippen LogP contribution in [0.15, 0.2) is 47.5 Å². The molecule has 0 radical (unpaired) electrons. The van der Waals surface area contributed by atoms with Crippen molar-refractivity contribution in [2.45, 2.75) is 6.92 Å².